The van der Waals surface area contributed by atoms with Crippen molar-refractivity contribution in [1.82, 2.24) is 4.90 Å². The summed E-state index contributed by atoms with van der Waals surface area (Å²) in [6.45, 7) is 13.7. The van der Waals surface area contributed by atoms with Gasteiger partial charge in [-0.25, -0.2) is 4.79 Å². The minimum Gasteiger partial charge on any atom is -0.465 e. The zero-order valence-electron chi connectivity index (χ0n) is 16.4. The number of carbonyl (C=O) groups is 1. The van der Waals surface area contributed by atoms with E-state index in [1.165, 1.54) is 17.1 Å². The van der Waals surface area contributed by atoms with Crippen molar-refractivity contribution in [3.63, 3.8) is 0 Å². The molecule has 5 nitrogen and oxygen atoms in total. The van der Waals surface area contributed by atoms with E-state index in [1.807, 2.05) is 20.8 Å². The number of aliphatic hydroxyl groups is 1. The monoisotopic (exact) mass is 427 g/mol. The highest BCUT2D eigenvalue weighted by Gasteiger charge is 2.46. The lowest BCUT2D eigenvalue weighted by Crippen LogP contribution is -2.48. The molecule has 1 aliphatic heterocycles. The maximum Gasteiger partial charge on any atom is 0.407 e. The first-order valence-electron chi connectivity index (χ1n) is 9.00. The van der Waals surface area contributed by atoms with Gasteiger partial charge in [0.2, 0.25) is 0 Å². The fourth-order valence-corrected chi connectivity index (χ4v) is 3.63. The smallest absolute Gasteiger partial charge is 0.407 e. The van der Waals surface area contributed by atoms with Crippen LogP contribution >= 0.6 is 23.2 Å². The van der Waals surface area contributed by atoms with E-state index >= 15 is 0 Å². The number of carboxylic acid groups (broad SMARTS) is 1. The molecule has 0 bridgehead atoms. The molecule has 154 valence electrons. The molecule has 7 heteroatoms. The van der Waals surface area contributed by atoms with E-state index < -0.39 is 29.8 Å². The van der Waals surface area contributed by atoms with Crippen molar-refractivity contribution >= 4 is 29.3 Å². The number of hydrogen-bond acceptors (Lipinski definition) is 3. The normalized spacial score (nSPS) is 23.8. The van der Waals surface area contributed by atoms with Gasteiger partial charge in [-0.1, -0.05) is 75.3 Å². The second-order valence-corrected chi connectivity index (χ2v) is 8.99. The van der Waals surface area contributed by atoms with Gasteiger partial charge < -0.3 is 19.8 Å². The van der Waals surface area contributed by atoms with Crippen molar-refractivity contribution in [3.05, 3.63) is 59.1 Å². The Labute approximate surface area is 176 Å². The van der Waals surface area contributed by atoms with E-state index in [-0.39, 0.29) is 18.5 Å². The molecule has 2 N–H and O–H groups in total. The number of ether oxygens (including phenoxy) is 1. The third kappa shape index (κ3) is 4.71. The lowest BCUT2D eigenvalue weighted by atomic mass is 9.82. The summed E-state index contributed by atoms with van der Waals surface area (Å²) in [4.78, 5) is 13.2. The van der Waals surface area contributed by atoms with Gasteiger partial charge in [0.1, 0.15) is 11.7 Å². The maximum atomic E-state index is 11.9. The summed E-state index contributed by atoms with van der Waals surface area (Å²) in [5.41, 5.74) is -1.21. The maximum absolute atomic E-state index is 11.9. The van der Waals surface area contributed by atoms with Crippen molar-refractivity contribution in [2.75, 3.05) is 13.1 Å². The van der Waals surface area contributed by atoms with Gasteiger partial charge in [-0.3, -0.25) is 0 Å². The third-order valence-electron chi connectivity index (χ3n) is 5.20. The van der Waals surface area contributed by atoms with Crippen LogP contribution in [-0.2, 0) is 4.74 Å². The number of hydrogen-bond donors (Lipinski definition) is 2. The molecule has 1 amide bonds. The van der Waals surface area contributed by atoms with Gasteiger partial charge in [0.05, 0.1) is 22.7 Å². The molecule has 1 aromatic carbocycles. The molecular formula is C21H27Cl2NO4. The van der Waals surface area contributed by atoms with Gasteiger partial charge in [0.25, 0.3) is 0 Å². The molecule has 1 heterocycles. The molecule has 0 aromatic heterocycles. The third-order valence-corrected chi connectivity index (χ3v) is 5.94. The van der Waals surface area contributed by atoms with Crippen molar-refractivity contribution in [1.29, 1.82) is 0 Å². The summed E-state index contributed by atoms with van der Waals surface area (Å²) < 4.78 is 6.37. The predicted octanol–water partition coefficient (Wildman–Crippen LogP) is 4.97. The molecule has 1 fully saturated rings. The van der Waals surface area contributed by atoms with Crippen molar-refractivity contribution < 1.29 is 19.7 Å². The average molecular weight is 428 g/mol. The van der Waals surface area contributed by atoms with Crippen LogP contribution < -0.4 is 0 Å². The summed E-state index contributed by atoms with van der Waals surface area (Å²) in [6.07, 6.45) is 0.418. The van der Waals surface area contributed by atoms with Crippen LogP contribution in [0.5, 0.6) is 0 Å². The Morgan fingerprint density at radius 3 is 2.29 bits per heavy atom. The highest BCUT2D eigenvalue weighted by Crippen LogP contribution is 2.40. The first-order valence-corrected chi connectivity index (χ1v) is 9.76. The standard InChI is InChI=1S/C21H27Cl2NO4/c1-6-21(27,7-2)18-14(13-8-9-15(22)16(23)10-13)11-24(19(25)26)12-17(28-18)20(3,4)5/h6-10,14,17-18,27H,1-2,11-12H2,3-5H3,(H,25,26)/t14-,17?,18+/m0/s1. The average Bonchev–Trinajstić information content (AvgIpc) is 2.84. The SMILES string of the molecule is C=CC(O)(C=C)[C@@H]1OC(C(C)(C)C)CN(C(=O)O)C[C@H]1c1ccc(Cl)c(Cl)c1. The highest BCUT2D eigenvalue weighted by molar-refractivity contribution is 6.42. The zero-order valence-corrected chi connectivity index (χ0v) is 17.9. The fraction of sp³-hybridized carbons (Fsp3) is 0.476. The quantitative estimate of drug-likeness (QED) is 0.665. The van der Waals surface area contributed by atoms with Crippen molar-refractivity contribution in [2.24, 2.45) is 5.41 Å². The molecule has 1 saturated heterocycles. The topological polar surface area (TPSA) is 70.0 Å². The molecule has 3 atom stereocenters. The number of halogens is 2. The lowest BCUT2D eigenvalue weighted by molar-refractivity contribution is -0.123. The summed E-state index contributed by atoms with van der Waals surface area (Å²) in [6, 6.07) is 5.09. The summed E-state index contributed by atoms with van der Waals surface area (Å²) >= 11 is 12.2. The summed E-state index contributed by atoms with van der Waals surface area (Å²) in [7, 11) is 0. The van der Waals surface area contributed by atoms with Crippen LogP contribution in [0.25, 0.3) is 0 Å². The van der Waals surface area contributed by atoms with Crippen molar-refractivity contribution in [2.45, 2.75) is 44.5 Å². The number of benzene rings is 1. The summed E-state index contributed by atoms with van der Waals surface area (Å²) in [5, 5.41) is 21.6. The minimum absolute atomic E-state index is 0.120. The van der Waals surface area contributed by atoms with Crippen LogP contribution in [0.1, 0.15) is 32.3 Å². The lowest BCUT2D eigenvalue weighted by Gasteiger charge is -2.39. The molecule has 0 aliphatic carbocycles. The fourth-order valence-electron chi connectivity index (χ4n) is 3.33. The van der Waals surface area contributed by atoms with E-state index in [0.717, 1.165) is 0 Å². The van der Waals surface area contributed by atoms with Crippen LogP contribution in [0.4, 0.5) is 4.79 Å². The molecule has 28 heavy (non-hydrogen) atoms. The number of nitrogens with zero attached hydrogens (tertiary/aromatic N) is 1. The largest absolute Gasteiger partial charge is 0.465 e. The zero-order chi connectivity index (χ0) is 21.3. The van der Waals surface area contributed by atoms with E-state index in [9.17, 15) is 15.0 Å². The van der Waals surface area contributed by atoms with Gasteiger partial charge in [-0.15, -0.1) is 0 Å². The van der Waals surface area contributed by atoms with Gasteiger partial charge in [-0.2, -0.15) is 0 Å². The molecule has 0 spiro atoms. The van der Waals surface area contributed by atoms with Crippen LogP contribution in [0.3, 0.4) is 0 Å². The van der Waals surface area contributed by atoms with E-state index in [1.54, 1.807) is 18.2 Å². The number of amides is 1. The highest BCUT2D eigenvalue weighted by atomic mass is 35.5. The van der Waals surface area contributed by atoms with Gasteiger partial charge in [0.15, 0.2) is 0 Å². The molecular weight excluding hydrogens is 401 g/mol. The Morgan fingerprint density at radius 2 is 1.82 bits per heavy atom. The Bertz CT molecular complexity index is 751. The van der Waals surface area contributed by atoms with E-state index in [0.29, 0.717) is 15.6 Å². The van der Waals surface area contributed by atoms with Crippen LogP contribution in [0.2, 0.25) is 10.0 Å². The molecule has 1 aromatic rings. The van der Waals surface area contributed by atoms with Gasteiger partial charge in [0, 0.05) is 12.5 Å². The molecule has 2 rings (SSSR count). The van der Waals surface area contributed by atoms with Gasteiger partial charge in [-0.05, 0) is 23.1 Å². The molecule has 0 saturated carbocycles. The molecule has 0 radical (unpaired) electrons. The van der Waals surface area contributed by atoms with E-state index in [2.05, 4.69) is 13.2 Å². The Kier molecular flexibility index (Phi) is 6.87. The van der Waals surface area contributed by atoms with Crippen LogP contribution in [-0.4, -0.2) is 52.1 Å². The summed E-state index contributed by atoms with van der Waals surface area (Å²) in [5.74, 6) is -0.515. The molecule has 1 aliphatic rings. The Morgan fingerprint density at radius 1 is 1.21 bits per heavy atom. The molecule has 1 unspecified atom stereocenters. The predicted molar refractivity (Wildman–Crippen MR) is 112 cm³/mol. The van der Waals surface area contributed by atoms with Crippen LogP contribution in [0.15, 0.2) is 43.5 Å². The van der Waals surface area contributed by atoms with E-state index in [4.69, 9.17) is 27.9 Å². The second kappa shape index (κ2) is 8.46. The van der Waals surface area contributed by atoms with Crippen LogP contribution in [0, 0.1) is 5.41 Å². The first kappa shape index (κ1) is 22.8. The first-order chi connectivity index (χ1) is 12.9. The minimum atomic E-state index is -1.56. The van der Waals surface area contributed by atoms with Gasteiger partial charge >= 0.3 is 6.09 Å². The van der Waals surface area contributed by atoms with Crippen molar-refractivity contribution in [3.8, 4) is 0 Å². The Balaban J connectivity index is 2.64. The second-order valence-electron chi connectivity index (χ2n) is 8.17. The number of rotatable bonds is 4. The Hall–Kier alpha value is -1.53.